The van der Waals surface area contributed by atoms with Crippen molar-refractivity contribution in [3.63, 3.8) is 0 Å². The monoisotopic (exact) mass is 280 g/mol. The van der Waals surface area contributed by atoms with Gasteiger partial charge in [0.2, 0.25) is 0 Å². The van der Waals surface area contributed by atoms with Gasteiger partial charge >= 0.3 is 0 Å². The van der Waals surface area contributed by atoms with Gasteiger partial charge in [-0.2, -0.15) is 0 Å². The van der Waals surface area contributed by atoms with Gasteiger partial charge in [0.25, 0.3) is 0 Å². The fourth-order valence-corrected chi connectivity index (χ4v) is 2.00. The number of hydrogen-bond donors (Lipinski definition) is 2. The highest BCUT2D eigenvalue weighted by atomic mass is 16.5. The lowest BCUT2D eigenvalue weighted by Gasteiger charge is -2.30. The number of rotatable bonds is 9. The molecule has 0 heterocycles. The maximum atomic E-state index is 9.77. The standard InChI is InChI=1S/C17H28O3/c1-4-17(3,20-13-12-16(2,19)14-18)11-10-15-8-6-5-7-9-15/h5-9,18-19H,4,10-14H2,1-3H3/t16-,17?/m1/s1. The SMILES string of the molecule is CCC(C)(CCc1ccccc1)OCC[C@@](C)(O)CO. The smallest absolute Gasteiger partial charge is 0.0871 e. The van der Waals surface area contributed by atoms with Gasteiger partial charge in [0, 0.05) is 6.42 Å². The highest BCUT2D eigenvalue weighted by Gasteiger charge is 2.25. The molecule has 0 aliphatic carbocycles. The van der Waals surface area contributed by atoms with Gasteiger partial charge in [-0.1, -0.05) is 37.3 Å². The Labute approximate surface area is 122 Å². The molecular formula is C17H28O3. The van der Waals surface area contributed by atoms with Crippen molar-refractivity contribution in [2.24, 2.45) is 0 Å². The topological polar surface area (TPSA) is 49.7 Å². The molecule has 1 unspecified atom stereocenters. The molecule has 3 nitrogen and oxygen atoms in total. The molecule has 0 amide bonds. The first-order valence-corrected chi connectivity index (χ1v) is 7.42. The predicted molar refractivity (Wildman–Crippen MR) is 81.7 cm³/mol. The summed E-state index contributed by atoms with van der Waals surface area (Å²) in [7, 11) is 0. The minimum absolute atomic E-state index is 0.179. The molecule has 1 rings (SSSR count). The van der Waals surface area contributed by atoms with Crippen LogP contribution in [0.15, 0.2) is 30.3 Å². The highest BCUT2D eigenvalue weighted by Crippen LogP contribution is 2.23. The Bertz CT molecular complexity index is 375. The van der Waals surface area contributed by atoms with E-state index in [1.165, 1.54) is 5.56 Å². The van der Waals surface area contributed by atoms with E-state index in [0.29, 0.717) is 13.0 Å². The molecule has 0 radical (unpaired) electrons. The van der Waals surface area contributed by atoms with Crippen molar-refractivity contribution in [3.05, 3.63) is 35.9 Å². The summed E-state index contributed by atoms with van der Waals surface area (Å²) in [5.41, 5.74) is 0.0910. The molecule has 2 N–H and O–H groups in total. The van der Waals surface area contributed by atoms with Crippen molar-refractivity contribution < 1.29 is 14.9 Å². The Morgan fingerprint density at radius 1 is 1.10 bits per heavy atom. The molecule has 0 fully saturated rings. The number of aryl methyl sites for hydroxylation is 1. The van der Waals surface area contributed by atoms with E-state index in [4.69, 9.17) is 9.84 Å². The molecule has 0 saturated carbocycles. The Balaban J connectivity index is 2.42. The van der Waals surface area contributed by atoms with Crippen LogP contribution in [0.1, 0.15) is 45.6 Å². The second-order valence-corrected chi connectivity index (χ2v) is 6.04. The van der Waals surface area contributed by atoms with Gasteiger partial charge < -0.3 is 14.9 Å². The number of ether oxygens (including phenoxy) is 1. The van der Waals surface area contributed by atoms with E-state index in [-0.39, 0.29) is 12.2 Å². The van der Waals surface area contributed by atoms with E-state index < -0.39 is 5.60 Å². The summed E-state index contributed by atoms with van der Waals surface area (Å²) in [5.74, 6) is 0. The van der Waals surface area contributed by atoms with Crippen molar-refractivity contribution in [1.82, 2.24) is 0 Å². The number of hydrogen-bond acceptors (Lipinski definition) is 3. The third-order valence-electron chi connectivity index (χ3n) is 3.97. The molecule has 0 spiro atoms. The molecule has 1 aromatic carbocycles. The Morgan fingerprint density at radius 2 is 1.75 bits per heavy atom. The summed E-state index contributed by atoms with van der Waals surface area (Å²) in [4.78, 5) is 0. The Kier molecular flexibility index (Phi) is 6.66. The normalized spacial score (nSPS) is 17.4. The molecule has 0 bridgehead atoms. The van der Waals surface area contributed by atoms with E-state index in [0.717, 1.165) is 19.3 Å². The molecule has 3 heteroatoms. The van der Waals surface area contributed by atoms with Crippen LogP contribution in [-0.2, 0) is 11.2 Å². The summed E-state index contributed by atoms with van der Waals surface area (Å²) in [5, 5.41) is 18.8. The van der Waals surface area contributed by atoms with E-state index in [1.807, 2.05) is 6.07 Å². The van der Waals surface area contributed by atoms with Gasteiger partial charge in [0.1, 0.15) is 0 Å². The van der Waals surface area contributed by atoms with Crippen molar-refractivity contribution in [2.75, 3.05) is 13.2 Å². The van der Waals surface area contributed by atoms with Crippen LogP contribution < -0.4 is 0 Å². The van der Waals surface area contributed by atoms with E-state index in [2.05, 4.69) is 38.1 Å². The van der Waals surface area contributed by atoms with Crippen LogP contribution in [0.4, 0.5) is 0 Å². The number of aliphatic hydroxyl groups excluding tert-OH is 1. The summed E-state index contributed by atoms with van der Waals surface area (Å²) in [6, 6.07) is 10.4. The fraction of sp³-hybridized carbons (Fsp3) is 0.647. The Hall–Kier alpha value is -0.900. The maximum Gasteiger partial charge on any atom is 0.0871 e. The van der Waals surface area contributed by atoms with Gasteiger partial charge in [-0.3, -0.25) is 0 Å². The third-order valence-corrected chi connectivity index (χ3v) is 3.97. The van der Waals surface area contributed by atoms with Crippen LogP contribution in [0.3, 0.4) is 0 Å². The third kappa shape index (κ3) is 6.04. The van der Waals surface area contributed by atoms with Gasteiger partial charge in [-0.15, -0.1) is 0 Å². The zero-order valence-electron chi connectivity index (χ0n) is 12.9. The van der Waals surface area contributed by atoms with E-state index in [1.54, 1.807) is 6.92 Å². The molecule has 0 aliphatic heterocycles. The van der Waals surface area contributed by atoms with E-state index in [9.17, 15) is 5.11 Å². The fourth-order valence-electron chi connectivity index (χ4n) is 2.00. The lowest BCUT2D eigenvalue weighted by molar-refractivity contribution is -0.0775. The summed E-state index contributed by atoms with van der Waals surface area (Å²) in [6.07, 6.45) is 3.32. The predicted octanol–water partition coefficient (Wildman–Crippen LogP) is 2.94. The molecule has 0 aliphatic rings. The minimum Gasteiger partial charge on any atom is -0.393 e. The summed E-state index contributed by atoms with van der Waals surface area (Å²) < 4.78 is 5.97. The zero-order valence-corrected chi connectivity index (χ0v) is 12.9. The zero-order chi connectivity index (χ0) is 15.1. The molecular weight excluding hydrogens is 252 g/mol. The first-order chi connectivity index (χ1) is 9.41. The van der Waals surface area contributed by atoms with Gasteiger partial charge in [-0.25, -0.2) is 0 Å². The number of benzene rings is 1. The lowest BCUT2D eigenvalue weighted by atomic mass is 9.94. The largest absolute Gasteiger partial charge is 0.393 e. The molecule has 0 aromatic heterocycles. The highest BCUT2D eigenvalue weighted by molar-refractivity contribution is 5.15. The molecule has 114 valence electrons. The minimum atomic E-state index is -1.05. The molecule has 0 saturated heterocycles. The van der Waals surface area contributed by atoms with Crippen LogP contribution in [0, 0.1) is 0 Å². The molecule has 1 aromatic rings. The van der Waals surface area contributed by atoms with Crippen LogP contribution >= 0.6 is 0 Å². The average Bonchev–Trinajstić information content (AvgIpc) is 2.46. The quantitative estimate of drug-likeness (QED) is 0.731. The first kappa shape index (κ1) is 17.2. The lowest BCUT2D eigenvalue weighted by Crippen LogP contribution is -2.34. The van der Waals surface area contributed by atoms with Crippen molar-refractivity contribution in [1.29, 1.82) is 0 Å². The molecule has 20 heavy (non-hydrogen) atoms. The maximum absolute atomic E-state index is 9.77. The van der Waals surface area contributed by atoms with Crippen molar-refractivity contribution >= 4 is 0 Å². The van der Waals surface area contributed by atoms with Crippen molar-refractivity contribution in [3.8, 4) is 0 Å². The van der Waals surface area contributed by atoms with Gasteiger partial charge in [-0.05, 0) is 38.7 Å². The Morgan fingerprint density at radius 3 is 2.30 bits per heavy atom. The van der Waals surface area contributed by atoms with Crippen LogP contribution in [0.25, 0.3) is 0 Å². The van der Waals surface area contributed by atoms with Gasteiger partial charge in [0.05, 0.1) is 24.4 Å². The van der Waals surface area contributed by atoms with Gasteiger partial charge in [0.15, 0.2) is 0 Å². The molecule has 2 atom stereocenters. The number of aliphatic hydroxyl groups is 2. The van der Waals surface area contributed by atoms with Crippen LogP contribution in [0.2, 0.25) is 0 Å². The first-order valence-electron chi connectivity index (χ1n) is 7.42. The van der Waals surface area contributed by atoms with E-state index >= 15 is 0 Å². The summed E-state index contributed by atoms with van der Waals surface area (Å²) >= 11 is 0. The van der Waals surface area contributed by atoms with Crippen molar-refractivity contribution in [2.45, 2.75) is 57.7 Å². The average molecular weight is 280 g/mol. The summed E-state index contributed by atoms with van der Waals surface area (Å²) in [6.45, 7) is 6.10. The second-order valence-electron chi connectivity index (χ2n) is 6.04. The van der Waals surface area contributed by atoms with Crippen LogP contribution in [0.5, 0.6) is 0 Å². The second kappa shape index (κ2) is 7.77. The van der Waals surface area contributed by atoms with Crippen LogP contribution in [-0.4, -0.2) is 34.6 Å².